The first-order chi connectivity index (χ1) is 10.4. The first-order valence-corrected chi connectivity index (χ1v) is 6.48. The van der Waals surface area contributed by atoms with E-state index in [-0.39, 0.29) is 0 Å². The number of rotatable bonds is 4. The number of anilines is 1. The summed E-state index contributed by atoms with van der Waals surface area (Å²) in [7, 11) is 1.30. The minimum Gasteiger partial charge on any atom is -0.465 e. The SMILES string of the molecule is COC(=O)c1ccc(CNc2cccc(C(F)(F)F)c2)cc1. The summed E-state index contributed by atoms with van der Waals surface area (Å²) in [5, 5.41) is 2.92. The van der Waals surface area contributed by atoms with Crippen LogP contribution in [-0.2, 0) is 17.5 Å². The number of benzene rings is 2. The molecule has 0 spiro atoms. The van der Waals surface area contributed by atoms with Gasteiger partial charge in [0.25, 0.3) is 0 Å². The fourth-order valence-corrected chi connectivity index (χ4v) is 1.89. The molecule has 2 aromatic rings. The zero-order valence-electron chi connectivity index (χ0n) is 11.8. The molecular weight excluding hydrogens is 295 g/mol. The Bertz CT molecular complexity index is 651. The molecule has 0 amide bonds. The van der Waals surface area contributed by atoms with Gasteiger partial charge in [-0.2, -0.15) is 13.2 Å². The Labute approximate surface area is 125 Å². The summed E-state index contributed by atoms with van der Waals surface area (Å²) in [5.74, 6) is -0.433. The largest absolute Gasteiger partial charge is 0.465 e. The number of hydrogen-bond donors (Lipinski definition) is 1. The Morgan fingerprint density at radius 1 is 1.14 bits per heavy atom. The van der Waals surface area contributed by atoms with Crippen LogP contribution in [0.15, 0.2) is 48.5 Å². The maximum absolute atomic E-state index is 12.6. The van der Waals surface area contributed by atoms with Gasteiger partial charge < -0.3 is 10.1 Å². The van der Waals surface area contributed by atoms with Crippen LogP contribution in [0.4, 0.5) is 18.9 Å². The molecule has 0 aromatic heterocycles. The van der Waals surface area contributed by atoms with E-state index >= 15 is 0 Å². The third-order valence-corrected chi connectivity index (χ3v) is 3.06. The van der Waals surface area contributed by atoms with Gasteiger partial charge in [0, 0.05) is 12.2 Å². The van der Waals surface area contributed by atoms with Crippen molar-refractivity contribution < 1.29 is 22.7 Å². The van der Waals surface area contributed by atoms with Crippen LogP contribution >= 0.6 is 0 Å². The van der Waals surface area contributed by atoms with Gasteiger partial charge in [-0.05, 0) is 35.9 Å². The molecule has 0 fully saturated rings. The number of nitrogens with one attached hydrogen (secondary N) is 1. The van der Waals surface area contributed by atoms with Crippen molar-refractivity contribution in [1.82, 2.24) is 0 Å². The highest BCUT2D eigenvalue weighted by Crippen LogP contribution is 2.30. The van der Waals surface area contributed by atoms with E-state index in [2.05, 4.69) is 10.1 Å². The van der Waals surface area contributed by atoms with Gasteiger partial charge in [0.05, 0.1) is 18.2 Å². The van der Waals surface area contributed by atoms with Crippen molar-refractivity contribution in [2.24, 2.45) is 0 Å². The van der Waals surface area contributed by atoms with Crippen LogP contribution in [0.3, 0.4) is 0 Å². The number of alkyl halides is 3. The van der Waals surface area contributed by atoms with Crippen molar-refractivity contribution in [3.63, 3.8) is 0 Å². The maximum Gasteiger partial charge on any atom is 0.416 e. The second-order valence-corrected chi connectivity index (χ2v) is 4.62. The third kappa shape index (κ3) is 4.00. The van der Waals surface area contributed by atoms with Gasteiger partial charge in [-0.25, -0.2) is 4.79 Å². The average Bonchev–Trinajstić information content (AvgIpc) is 2.52. The fourth-order valence-electron chi connectivity index (χ4n) is 1.89. The molecule has 6 heteroatoms. The highest BCUT2D eigenvalue weighted by atomic mass is 19.4. The second kappa shape index (κ2) is 6.51. The van der Waals surface area contributed by atoms with Gasteiger partial charge in [0.15, 0.2) is 0 Å². The van der Waals surface area contributed by atoms with E-state index in [0.29, 0.717) is 17.8 Å². The van der Waals surface area contributed by atoms with E-state index in [9.17, 15) is 18.0 Å². The second-order valence-electron chi connectivity index (χ2n) is 4.62. The van der Waals surface area contributed by atoms with Crippen LogP contribution < -0.4 is 5.32 Å². The van der Waals surface area contributed by atoms with Crippen molar-refractivity contribution in [2.75, 3.05) is 12.4 Å². The number of esters is 1. The predicted molar refractivity (Wildman–Crippen MR) is 76.6 cm³/mol. The summed E-state index contributed by atoms with van der Waals surface area (Å²) >= 11 is 0. The summed E-state index contributed by atoms with van der Waals surface area (Å²) in [4.78, 5) is 11.3. The molecule has 0 aliphatic heterocycles. The lowest BCUT2D eigenvalue weighted by atomic mass is 10.1. The Kier molecular flexibility index (Phi) is 4.70. The van der Waals surface area contributed by atoms with Gasteiger partial charge in [-0.15, -0.1) is 0 Å². The van der Waals surface area contributed by atoms with E-state index in [1.807, 2.05) is 0 Å². The number of hydrogen-bond acceptors (Lipinski definition) is 3. The predicted octanol–water partition coefficient (Wildman–Crippen LogP) is 4.10. The van der Waals surface area contributed by atoms with Crippen molar-refractivity contribution in [1.29, 1.82) is 0 Å². The number of halogens is 3. The summed E-state index contributed by atoms with van der Waals surface area (Å²) < 4.78 is 42.4. The molecule has 0 bridgehead atoms. The summed E-state index contributed by atoms with van der Waals surface area (Å²) in [5.41, 5.74) is 0.945. The van der Waals surface area contributed by atoms with E-state index in [1.165, 1.54) is 13.2 Å². The minimum absolute atomic E-state index is 0.350. The van der Waals surface area contributed by atoms with Crippen molar-refractivity contribution >= 4 is 11.7 Å². The Morgan fingerprint density at radius 3 is 2.41 bits per heavy atom. The molecule has 0 atom stereocenters. The molecule has 1 N–H and O–H groups in total. The van der Waals surface area contributed by atoms with Gasteiger partial charge in [0.2, 0.25) is 0 Å². The number of methoxy groups -OCH3 is 1. The molecular formula is C16H14F3NO2. The standard InChI is InChI=1S/C16H14F3NO2/c1-22-15(21)12-7-5-11(6-8-12)10-20-14-4-2-3-13(9-14)16(17,18)19/h2-9,20H,10H2,1H3. The highest BCUT2D eigenvalue weighted by molar-refractivity contribution is 5.89. The van der Waals surface area contributed by atoms with Gasteiger partial charge in [0.1, 0.15) is 0 Å². The van der Waals surface area contributed by atoms with Crippen LogP contribution in [0.25, 0.3) is 0 Å². The normalized spacial score (nSPS) is 11.1. The zero-order valence-corrected chi connectivity index (χ0v) is 11.8. The molecule has 0 radical (unpaired) electrons. The van der Waals surface area contributed by atoms with Crippen LogP contribution in [0.2, 0.25) is 0 Å². The van der Waals surface area contributed by atoms with Crippen LogP contribution in [0, 0.1) is 0 Å². The lowest BCUT2D eigenvalue weighted by Gasteiger charge is -2.11. The Morgan fingerprint density at radius 2 is 1.82 bits per heavy atom. The first kappa shape index (κ1) is 15.9. The van der Waals surface area contributed by atoms with Crippen molar-refractivity contribution in [2.45, 2.75) is 12.7 Å². The minimum atomic E-state index is -4.36. The molecule has 0 saturated heterocycles. The van der Waals surface area contributed by atoms with Crippen LogP contribution in [-0.4, -0.2) is 13.1 Å². The van der Waals surface area contributed by atoms with E-state index in [0.717, 1.165) is 17.7 Å². The fraction of sp³-hybridized carbons (Fsp3) is 0.188. The molecule has 0 heterocycles. The van der Waals surface area contributed by atoms with Gasteiger partial charge >= 0.3 is 12.1 Å². The van der Waals surface area contributed by atoms with Gasteiger partial charge in [-0.3, -0.25) is 0 Å². The highest BCUT2D eigenvalue weighted by Gasteiger charge is 2.30. The Hall–Kier alpha value is -2.50. The van der Waals surface area contributed by atoms with Gasteiger partial charge in [-0.1, -0.05) is 18.2 Å². The maximum atomic E-state index is 12.6. The van der Waals surface area contributed by atoms with Crippen molar-refractivity contribution in [3.05, 3.63) is 65.2 Å². The molecule has 22 heavy (non-hydrogen) atoms. The molecule has 0 unspecified atom stereocenters. The molecule has 0 aliphatic carbocycles. The van der Waals surface area contributed by atoms with Crippen molar-refractivity contribution in [3.8, 4) is 0 Å². The van der Waals surface area contributed by atoms with E-state index < -0.39 is 17.7 Å². The van der Waals surface area contributed by atoms with E-state index in [4.69, 9.17) is 0 Å². The molecule has 2 aromatic carbocycles. The Balaban J connectivity index is 2.03. The van der Waals surface area contributed by atoms with Crippen LogP contribution in [0.5, 0.6) is 0 Å². The summed E-state index contributed by atoms with van der Waals surface area (Å²) in [6.07, 6.45) is -4.36. The molecule has 0 aliphatic rings. The monoisotopic (exact) mass is 309 g/mol. The average molecular weight is 309 g/mol. The zero-order chi connectivity index (χ0) is 16.2. The smallest absolute Gasteiger partial charge is 0.416 e. The molecule has 2 rings (SSSR count). The molecule has 3 nitrogen and oxygen atoms in total. The van der Waals surface area contributed by atoms with E-state index in [1.54, 1.807) is 30.3 Å². The first-order valence-electron chi connectivity index (χ1n) is 6.48. The lowest BCUT2D eigenvalue weighted by Crippen LogP contribution is -2.06. The summed E-state index contributed by atoms with van der Waals surface area (Å²) in [6.45, 7) is 0.350. The molecule has 0 saturated carbocycles. The van der Waals surface area contributed by atoms with Crippen LogP contribution in [0.1, 0.15) is 21.5 Å². The number of ether oxygens (including phenoxy) is 1. The number of carbonyl (C=O) groups is 1. The quantitative estimate of drug-likeness (QED) is 0.864. The lowest BCUT2D eigenvalue weighted by molar-refractivity contribution is -0.137. The third-order valence-electron chi connectivity index (χ3n) is 3.06. The topological polar surface area (TPSA) is 38.3 Å². The number of carbonyl (C=O) groups excluding carboxylic acids is 1. The summed E-state index contributed by atoms with van der Waals surface area (Å²) in [6, 6.07) is 11.6. The molecule has 116 valence electrons.